The second-order valence-electron chi connectivity index (χ2n) is 4.21. The topological polar surface area (TPSA) is 106 Å². The molecule has 2 N–H and O–H groups in total. The molecule has 0 fully saturated rings. The average molecular weight is 274 g/mol. The van der Waals surface area contributed by atoms with Gasteiger partial charge in [0.05, 0.1) is 30.6 Å². The summed E-state index contributed by atoms with van der Waals surface area (Å²) in [5.41, 5.74) is 1.06. The van der Waals surface area contributed by atoms with Crippen LogP contribution < -0.4 is 10.1 Å². The zero-order valence-electron chi connectivity index (χ0n) is 10.5. The van der Waals surface area contributed by atoms with Gasteiger partial charge in [0.15, 0.2) is 5.69 Å². The quantitative estimate of drug-likeness (QED) is 0.824. The normalized spacial score (nSPS) is 12.9. The lowest BCUT2D eigenvalue weighted by Gasteiger charge is -2.09. The van der Waals surface area contributed by atoms with Gasteiger partial charge in [0.1, 0.15) is 5.75 Å². The molecular formula is C12H10N4O4. The van der Waals surface area contributed by atoms with E-state index < -0.39 is 5.97 Å². The predicted octanol–water partition coefficient (Wildman–Crippen LogP) is 0.469. The predicted molar refractivity (Wildman–Crippen MR) is 67.2 cm³/mol. The van der Waals surface area contributed by atoms with E-state index >= 15 is 0 Å². The molecule has 0 bridgehead atoms. The van der Waals surface area contributed by atoms with Crippen LogP contribution in [0.2, 0.25) is 0 Å². The lowest BCUT2D eigenvalue weighted by Crippen LogP contribution is -2.14. The number of hydrogen-bond acceptors (Lipinski definition) is 5. The number of benzene rings is 1. The number of carbonyl (C=O) groups excluding carboxylic acids is 1. The van der Waals surface area contributed by atoms with E-state index in [9.17, 15) is 9.59 Å². The molecule has 8 nitrogen and oxygen atoms in total. The van der Waals surface area contributed by atoms with Crippen LogP contribution in [-0.2, 0) is 11.2 Å². The maximum absolute atomic E-state index is 11.8. The van der Waals surface area contributed by atoms with Gasteiger partial charge in [-0.2, -0.15) is 0 Å². The minimum Gasteiger partial charge on any atom is -0.497 e. The SMILES string of the molecule is COc1ccc2c(c1)-n1nnc(C(=O)O)c1CC(=O)N2. The number of carboxylic acid groups (broad SMARTS) is 1. The van der Waals surface area contributed by atoms with Gasteiger partial charge in [-0.15, -0.1) is 5.10 Å². The molecular weight excluding hydrogens is 264 g/mol. The first-order valence-corrected chi connectivity index (χ1v) is 5.76. The van der Waals surface area contributed by atoms with Crippen molar-refractivity contribution in [1.82, 2.24) is 15.0 Å². The lowest BCUT2D eigenvalue weighted by atomic mass is 10.2. The van der Waals surface area contributed by atoms with Gasteiger partial charge in [0.2, 0.25) is 5.91 Å². The van der Waals surface area contributed by atoms with Gasteiger partial charge in [-0.05, 0) is 12.1 Å². The first kappa shape index (κ1) is 12.2. The highest BCUT2D eigenvalue weighted by molar-refractivity contribution is 5.97. The van der Waals surface area contributed by atoms with Crippen molar-refractivity contribution in [3.8, 4) is 11.4 Å². The number of ether oxygens (including phenoxy) is 1. The minimum absolute atomic E-state index is 0.106. The molecule has 2 heterocycles. The van der Waals surface area contributed by atoms with E-state index in [-0.39, 0.29) is 23.7 Å². The number of carbonyl (C=O) groups is 2. The maximum Gasteiger partial charge on any atom is 0.358 e. The Morgan fingerprint density at radius 1 is 1.50 bits per heavy atom. The van der Waals surface area contributed by atoms with E-state index in [1.807, 2.05) is 0 Å². The monoisotopic (exact) mass is 274 g/mol. The fraction of sp³-hybridized carbons (Fsp3) is 0.167. The smallest absolute Gasteiger partial charge is 0.358 e. The van der Waals surface area contributed by atoms with Gasteiger partial charge in [-0.3, -0.25) is 4.79 Å². The number of aromatic nitrogens is 3. The summed E-state index contributed by atoms with van der Waals surface area (Å²) in [6.07, 6.45) is -0.106. The van der Waals surface area contributed by atoms with Crippen LogP contribution in [0.5, 0.6) is 5.75 Å². The average Bonchev–Trinajstić information content (AvgIpc) is 2.77. The number of aromatic carboxylic acids is 1. The molecule has 1 aliphatic rings. The van der Waals surface area contributed by atoms with E-state index in [2.05, 4.69) is 15.6 Å². The number of fused-ring (bicyclic) bond motifs is 3. The Labute approximate surface area is 113 Å². The van der Waals surface area contributed by atoms with Crippen molar-refractivity contribution >= 4 is 17.6 Å². The van der Waals surface area contributed by atoms with Gasteiger partial charge in [0.25, 0.3) is 0 Å². The third-order valence-electron chi connectivity index (χ3n) is 3.00. The highest BCUT2D eigenvalue weighted by Gasteiger charge is 2.26. The molecule has 0 saturated carbocycles. The first-order chi connectivity index (χ1) is 9.60. The second kappa shape index (κ2) is 4.34. The van der Waals surface area contributed by atoms with Crippen molar-refractivity contribution in [2.24, 2.45) is 0 Å². The molecule has 0 radical (unpaired) electrons. The fourth-order valence-corrected chi connectivity index (χ4v) is 2.09. The minimum atomic E-state index is -1.22. The van der Waals surface area contributed by atoms with Crippen molar-refractivity contribution in [1.29, 1.82) is 0 Å². The van der Waals surface area contributed by atoms with Crippen LogP contribution in [0.1, 0.15) is 16.2 Å². The molecule has 0 atom stereocenters. The van der Waals surface area contributed by atoms with Gasteiger partial charge in [0, 0.05) is 6.07 Å². The Hall–Kier alpha value is -2.90. The molecule has 0 saturated heterocycles. The zero-order chi connectivity index (χ0) is 14.3. The van der Waals surface area contributed by atoms with E-state index in [4.69, 9.17) is 9.84 Å². The van der Waals surface area contributed by atoms with Crippen LogP contribution in [0.25, 0.3) is 5.69 Å². The van der Waals surface area contributed by atoms with Crippen LogP contribution in [-0.4, -0.2) is 39.1 Å². The van der Waals surface area contributed by atoms with Gasteiger partial charge in [-0.25, -0.2) is 9.48 Å². The van der Waals surface area contributed by atoms with Crippen molar-refractivity contribution in [2.75, 3.05) is 12.4 Å². The van der Waals surface area contributed by atoms with Crippen LogP contribution in [0.3, 0.4) is 0 Å². The molecule has 3 rings (SSSR count). The number of amides is 1. The maximum atomic E-state index is 11.8. The van der Waals surface area contributed by atoms with E-state index in [0.717, 1.165) is 0 Å². The number of anilines is 1. The van der Waals surface area contributed by atoms with Gasteiger partial charge >= 0.3 is 5.97 Å². The molecule has 20 heavy (non-hydrogen) atoms. The summed E-state index contributed by atoms with van der Waals surface area (Å²) in [6, 6.07) is 5.02. The first-order valence-electron chi connectivity index (χ1n) is 5.76. The van der Waals surface area contributed by atoms with Gasteiger partial charge in [-0.1, -0.05) is 5.21 Å². The molecule has 1 aromatic heterocycles. The third kappa shape index (κ3) is 1.78. The Balaban J connectivity index is 2.26. The number of rotatable bonds is 2. The second-order valence-corrected chi connectivity index (χ2v) is 4.21. The zero-order valence-corrected chi connectivity index (χ0v) is 10.5. The molecule has 8 heteroatoms. The van der Waals surface area contributed by atoms with Crippen molar-refractivity contribution in [3.63, 3.8) is 0 Å². The molecule has 2 aromatic rings. The third-order valence-corrected chi connectivity index (χ3v) is 3.00. The summed E-state index contributed by atoms with van der Waals surface area (Å²) in [5, 5.41) is 19.2. The Morgan fingerprint density at radius 3 is 3.00 bits per heavy atom. The summed E-state index contributed by atoms with van der Waals surface area (Å²) >= 11 is 0. The molecule has 0 spiro atoms. The Bertz CT molecular complexity index is 722. The molecule has 1 aliphatic heterocycles. The molecule has 102 valence electrons. The van der Waals surface area contributed by atoms with Crippen LogP contribution >= 0.6 is 0 Å². The van der Waals surface area contributed by atoms with Crippen LogP contribution in [0.15, 0.2) is 18.2 Å². The summed E-state index contributed by atoms with van der Waals surface area (Å²) < 4.78 is 6.47. The largest absolute Gasteiger partial charge is 0.497 e. The fourth-order valence-electron chi connectivity index (χ4n) is 2.09. The highest BCUT2D eigenvalue weighted by atomic mass is 16.5. The standard InChI is InChI=1S/C12H10N4O4/c1-20-6-2-3-7-8(4-6)16-9(5-10(17)13-7)11(12(18)19)14-15-16/h2-4H,5H2,1H3,(H,13,17)(H,18,19). The molecule has 1 aromatic carbocycles. The van der Waals surface area contributed by atoms with E-state index in [1.165, 1.54) is 11.8 Å². The van der Waals surface area contributed by atoms with Crippen LogP contribution in [0, 0.1) is 0 Å². The van der Waals surface area contributed by atoms with E-state index in [1.54, 1.807) is 18.2 Å². The van der Waals surface area contributed by atoms with Crippen molar-refractivity contribution in [3.05, 3.63) is 29.6 Å². The van der Waals surface area contributed by atoms with Crippen LogP contribution in [0.4, 0.5) is 5.69 Å². The summed E-state index contributed by atoms with van der Waals surface area (Å²) in [5.74, 6) is -0.969. The number of methoxy groups -OCH3 is 1. The number of nitrogens with zero attached hydrogens (tertiary/aromatic N) is 3. The number of hydrogen-bond donors (Lipinski definition) is 2. The summed E-state index contributed by atoms with van der Waals surface area (Å²) in [7, 11) is 1.52. The van der Waals surface area contributed by atoms with Crippen molar-refractivity contribution in [2.45, 2.75) is 6.42 Å². The summed E-state index contributed by atoms with van der Waals surface area (Å²) in [4.78, 5) is 22.9. The number of carboxylic acids is 1. The van der Waals surface area contributed by atoms with Gasteiger partial charge < -0.3 is 15.2 Å². The number of nitrogens with one attached hydrogen (secondary N) is 1. The molecule has 1 amide bonds. The molecule has 0 aliphatic carbocycles. The summed E-state index contributed by atoms with van der Waals surface area (Å²) in [6.45, 7) is 0. The Kier molecular flexibility index (Phi) is 2.63. The van der Waals surface area contributed by atoms with Crippen molar-refractivity contribution < 1.29 is 19.4 Å². The molecule has 0 unspecified atom stereocenters. The Morgan fingerprint density at radius 2 is 2.30 bits per heavy atom. The lowest BCUT2D eigenvalue weighted by molar-refractivity contribution is -0.115. The highest BCUT2D eigenvalue weighted by Crippen LogP contribution is 2.29. The van der Waals surface area contributed by atoms with E-state index in [0.29, 0.717) is 17.1 Å².